The molecule has 1 unspecified atom stereocenters. The van der Waals surface area contributed by atoms with Crippen molar-refractivity contribution in [3.63, 3.8) is 0 Å². The maximum absolute atomic E-state index is 11.9. The monoisotopic (exact) mass is 287 g/mol. The molecule has 2 aromatic rings. The summed E-state index contributed by atoms with van der Waals surface area (Å²) < 4.78 is 10.6. The normalized spacial score (nSPS) is 16.1. The van der Waals surface area contributed by atoms with Crippen LogP contribution in [0.4, 0.5) is 0 Å². The second-order valence-electron chi connectivity index (χ2n) is 4.73. The van der Waals surface area contributed by atoms with Gasteiger partial charge in [-0.1, -0.05) is 18.2 Å². The van der Waals surface area contributed by atoms with Crippen molar-refractivity contribution in [2.75, 3.05) is 6.54 Å². The molecular weight excluding hydrogens is 274 g/mol. The highest BCUT2D eigenvalue weighted by Crippen LogP contribution is 2.27. The summed E-state index contributed by atoms with van der Waals surface area (Å²) in [6, 6.07) is 10.3. The minimum atomic E-state index is -1.20. The molecule has 0 radical (unpaired) electrons. The minimum Gasteiger partial charge on any atom is -0.488 e. The lowest BCUT2D eigenvalue weighted by molar-refractivity contribution is 0.0659. The number of aromatic carboxylic acids is 1. The summed E-state index contributed by atoms with van der Waals surface area (Å²) in [5.74, 6) is -1.11. The van der Waals surface area contributed by atoms with E-state index in [4.69, 9.17) is 14.3 Å². The molecule has 2 heterocycles. The minimum absolute atomic E-state index is 0.0251. The molecule has 0 saturated heterocycles. The number of carbonyl (C=O) groups excluding carboxylic acids is 1. The Hall–Kier alpha value is -2.76. The second kappa shape index (κ2) is 5.32. The van der Waals surface area contributed by atoms with Gasteiger partial charge < -0.3 is 19.6 Å². The van der Waals surface area contributed by atoms with E-state index in [1.807, 2.05) is 24.3 Å². The molecule has 108 valence electrons. The Balaban J connectivity index is 1.56. The second-order valence-corrected chi connectivity index (χ2v) is 4.73. The molecule has 3 rings (SSSR count). The number of rotatable bonds is 4. The highest BCUT2D eigenvalue weighted by molar-refractivity contribution is 5.93. The van der Waals surface area contributed by atoms with Crippen molar-refractivity contribution in [2.24, 2.45) is 0 Å². The Morgan fingerprint density at radius 3 is 2.67 bits per heavy atom. The summed E-state index contributed by atoms with van der Waals surface area (Å²) in [7, 11) is 0. The number of furan rings is 1. The highest BCUT2D eigenvalue weighted by Gasteiger charge is 2.23. The fourth-order valence-corrected chi connectivity index (χ4v) is 2.24. The lowest BCUT2D eigenvalue weighted by Gasteiger charge is -2.10. The maximum Gasteiger partial charge on any atom is 0.371 e. The van der Waals surface area contributed by atoms with Gasteiger partial charge in [0.15, 0.2) is 5.76 Å². The number of benzene rings is 1. The van der Waals surface area contributed by atoms with Crippen LogP contribution < -0.4 is 10.1 Å². The zero-order chi connectivity index (χ0) is 14.8. The molecule has 1 amide bonds. The summed E-state index contributed by atoms with van der Waals surface area (Å²) in [6.07, 6.45) is 0.606. The number of hydrogen-bond donors (Lipinski definition) is 2. The number of carbonyl (C=O) groups is 2. The Labute approximate surface area is 120 Å². The summed E-state index contributed by atoms with van der Waals surface area (Å²) in [4.78, 5) is 22.5. The van der Waals surface area contributed by atoms with Gasteiger partial charge in [-0.3, -0.25) is 4.79 Å². The van der Waals surface area contributed by atoms with E-state index in [9.17, 15) is 9.59 Å². The third kappa shape index (κ3) is 2.74. The number of carboxylic acid groups (broad SMARTS) is 1. The van der Waals surface area contributed by atoms with Crippen LogP contribution in [0.3, 0.4) is 0 Å². The molecule has 1 aromatic heterocycles. The van der Waals surface area contributed by atoms with Crippen LogP contribution in [0, 0.1) is 0 Å². The van der Waals surface area contributed by atoms with Gasteiger partial charge in [-0.15, -0.1) is 0 Å². The van der Waals surface area contributed by atoms with Crippen LogP contribution in [0.2, 0.25) is 0 Å². The van der Waals surface area contributed by atoms with E-state index in [2.05, 4.69) is 5.32 Å². The molecule has 0 fully saturated rings. The average Bonchev–Trinajstić information content (AvgIpc) is 3.11. The van der Waals surface area contributed by atoms with Crippen molar-refractivity contribution in [3.8, 4) is 5.75 Å². The van der Waals surface area contributed by atoms with Gasteiger partial charge in [-0.2, -0.15) is 0 Å². The molecule has 2 N–H and O–H groups in total. The molecule has 0 bridgehead atoms. The smallest absolute Gasteiger partial charge is 0.371 e. The van der Waals surface area contributed by atoms with Crippen molar-refractivity contribution in [2.45, 2.75) is 12.5 Å². The van der Waals surface area contributed by atoms with Gasteiger partial charge in [-0.05, 0) is 23.8 Å². The molecule has 6 heteroatoms. The van der Waals surface area contributed by atoms with E-state index in [1.54, 1.807) is 0 Å². The maximum atomic E-state index is 11.9. The summed E-state index contributed by atoms with van der Waals surface area (Å²) in [6.45, 7) is 0.330. The topological polar surface area (TPSA) is 88.8 Å². The van der Waals surface area contributed by atoms with Crippen LogP contribution in [0.15, 0.2) is 40.8 Å². The van der Waals surface area contributed by atoms with Crippen LogP contribution in [-0.4, -0.2) is 29.6 Å². The van der Waals surface area contributed by atoms with E-state index in [0.717, 1.165) is 17.7 Å². The molecule has 1 aromatic carbocycles. The fourth-order valence-electron chi connectivity index (χ4n) is 2.24. The van der Waals surface area contributed by atoms with Gasteiger partial charge in [0, 0.05) is 6.42 Å². The summed E-state index contributed by atoms with van der Waals surface area (Å²) in [5, 5.41) is 11.4. The van der Waals surface area contributed by atoms with E-state index >= 15 is 0 Å². The zero-order valence-electron chi connectivity index (χ0n) is 11.0. The van der Waals surface area contributed by atoms with Gasteiger partial charge in [0.1, 0.15) is 11.9 Å². The first-order chi connectivity index (χ1) is 10.1. The molecule has 21 heavy (non-hydrogen) atoms. The first-order valence-corrected chi connectivity index (χ1v) is 6.49. The number of nitrogens with one attached hydrogen (secondary N) is 1. The summed E-state index contributed by atoms with van der Waals surface area (Å²) in [5.41, 5.74) is 1.11. The predicted molar refractivity (Wildman–Crippen MR) is 72.6 cm³/mol. The molecule has 6 nitrogen and oxygen atoms in total. The number of ether oxygens (including phenoxy) is 1. The number of amides is 1. The van der Waals surface area contributed by atoms with Gasteiger partial charge in [0.25, 0.3) is 5.91 Å². The van der Waals surface area contributed by atoms with Crippen LogP contribution in [-0.2, 0) is 6.42 Å². The molecule has 0 saturated carbocycles. The number of carboxylic acids is 1. The van der Waals surface area contributed by atoms with Crippen LogP contribution in [0.5, 0.6) is 5.75 Å². The lowest BCUT2D eigenvalue weighted by Crippen LogP contribution is -2.34. The summed E-state index contributed by atoms with van der Waals surface area (Å²) >= 11 is 0. The largest absolute Gasteiger partial charge is 0.488 e. The third-order valence-corrected chi connectivity index (χ3v) is 3.24. The van der Waals surface area contributed by atoms with Gasteiger partial charge in [-0.25, -0.2) is 4.79 Å². The first kappa shape index (κ1) is 13.2. The van der Waals surface area contributed by atoms with Crippen LogP contribution in [0.25, 0.3) is 0 Å². The van der Waals surface area contributed by atoms with Crippen LogP contribution >= 0.6 is 0 Å². The Morgan fingerprint density at radius 1 is 1.19 bits per heavy atom. The Morgan fingerprint density at radius 2 is 1.95 bits per heavy atom. The van der Waals surface area contributed by atoms with Gasteiger partial charge >= 0.3 is 5.97 Å². The molecule has 1 aliphatic heterocycles. The fraction of sp³-hybridized carbons (Fsp3) is 0.200. The van der Waals surface area contributed by atoms with E-state index in [-0.39, 0.29) is 17.6 Å². The molecule has 1 atom stereocenters. The molecular formula is C15H13NO5. The molecule has 1 aliphatic rings. The Kier molecular flexibility index (Phi) is 3.35. The van der Waals surface area contributed by atoms with Gasteiger partial charge in [0.05, 0.1) is 6.54 Å². The van der Waals surface area contributed by atoms with Crippen molar-refractivity contribution < 1.29 is 23.8 Å². The van der Waals surface area contributed by atoms with Gasteiger partial charge in [0.2, 0.25) is 5.76 Å². The molecule has 0 spiro atoms. The average molecular weight is 287 g/mol. The number of fused-ring (bicyclic) bond motifs is 1. The number of hydrogen-bond acceptors (Lipinski definition) is 4. The highest BCUT2D eigenvalue weighted by atomic mass is 16.5. The first-order valence-electron chi connectivity index (χ1n) is 6.49. The van der Waals surface area contributed by atoms with E-state index < -0.39 is 11.9 Å². The van der Waals surface area contributed by atoms with E-state index in [1.165, 1.54) is 12.1 Å². The quantitative estimate of drug-likeness (QED) is 0.893. The zero-order valence-corrected chi connectivity index (χ0v) is 11.0. The standard InChI is InChI=1S/C15H13NO5/c17-14(12-5-6-13(21-12)15(18)19)16-8-10-7-9-3-1-2-4-11(9)20-10/h1-6,10H,7-8H2,(H,16,17)(H,18,19). The van der Waals surface area contributed by atoms with E-state index in [0.29, 0.717) is 6.54 Å². The van der Waals surface area contributed by atoms with Crippen molar-refractivity contribution >= 4 is 11.9 Å². The number of para-hydroxylation sites is 1. The van der Waals surface area contributed by atoms with Crippen molar-refractivity contribution in [1.29, 1.82) is 0 Å². The predicted octanol–water partition coefficient (Wildman–Crippen LogP) is 1.71. The third-order valence-electron chi connectivity index (χ3n) is 3.24. The van der Waals surface area contributed by atoms with Crippen molar-refractivity contribution in [1.82, 2.24) is 5.32 Å². The molecule has 0 aliphatic carbocycles. The van der Waals surface area contributed by atoms with Crippen LogP contribution in [0.1, 0.15) is 26.7 Å². The van der Waals surface area contributed by atoms with Crippen molar-refractivity contribution in [3.05, 3.63) is 53.5 Å². The Bertz CT molecular complexity index is 666. The lowest BCUT2D eigenvalue weighted by atomic mass is 10.1. The SMILES string of the molecule is O=C(O)c1ccc(C(=O)NCC2Cc3ccccc3O2)o1.